The molecule has 2 rings (SSSR count). The Morgan fingerprint density at radius 2 is 0.885 bits per heavy atom. The van der Waals surface area contributed by atoms with Crippen molar-refractivity contribution in [1.82, 2.24) is 0 Å². The summed E-state index contributed by atoms with van der Waals surface area (Å²) in [5, 5.41) is 11.4. The van der Waals surface area contributed by atoms with Crippen LogP contribution in [0.5, 0.6) is 0 Å². The maximum atomic E-state index is 6.07. The second kappa shape index (κ2) is 13.3. The molecule has 11 heteroatoms. The van der Waals surface area contributed by atoms with E-state index in [1.807, 2.05) is 0 Å². The van der Waals surface area contributed by atoms with Gasteiger partial charge in [0.2, 0.25) is 0 Å². The van der Waals surface area contributed by atoms with Gasteiger partial charge in [-0.2, -0.15) is 0 Å². The Bertz CT molecular complexity index is 623. The van der Waals surface area contributed by atoms with Gasteiger partial charge >= 0.3 is 35.6 Å². The maximum absolute atomic E-state index is 6.07. The molecule has 0 aliphatic rings. The molecule has 0 saturated carbocycles. The van der Waals surface area contributed by atoms with Crippen LogP contribution < -0.4 is 0 Å². The zero-order valence-electron chi connectivity index (χ0n) is 12.8. The zero-order valence-corrected chi connectivity index (χ0v) is 20.5. The van der Waals surface area contributed by atoms with Gasteiger partial charge in [-0.3, -0.25) is 0 Å². The van der Waals surface area contributed by atoms with Gasteiger partial charge < -0.3 is 10.6 Å². The second-order valence-electron chi connectivity index (χ2n) is 4.62. The second-order valence-corrected chi connectivity index (χ2v) is 9.71. The van der Waals surface area contributed by atoms with E-state index in [4.69, 9.17) is 88.2 Å². The summed E-state index contributed by atoms with van der Waals surface area (Å²) in [4.78, 5) is 0. The summed E-state index contributed by atoms with van der Waals surface area (Å²) in [7, 11) is 9.78. The number of hydrogen-bond donors (Lipinski definition) is 0. The van der Waals surface area contributed by atoms with Crippen molar-refractivity contribution in [3.8, 4) is 0 Å². The number of hydrogen-bond acceptors (Lipinski definition) is 0. The monoisotopic (exact) mass is 546 g/mol. The van der Waals surface area contributed by atoms with E-state index in [1.54, 1.807) is 24.3 Å². The van der Waals surface area contributed by atoms with E-state index in [0.717, 1.165) is 0 Å². The van der Waals surface area contributed by atoms with Crippen LogP contribution in [0.4, 0.5) is 11.4 Å². The van der Waals surface area contributed by atoms with Crippen molar-refractivity contribution in [2.75, 3.05) is 13.1 Å². The molecule has 0 aliphatic carbocycles. The van der Waals surface area contributed by atoms with Crippen molar-refractivity contribution in [3.05, 3.63) is 65.0 Å². The van der Waals surface area contributed by atoms with Crippen molar-refractivity contribution in [1.29, 1.82) is 0 Å². The molecule has 0 unspecified atom stereocenters. The number of nitrogens with zero attached hydrogens (tertiary/aromatic N) is 2. The van der Waals surface area contributed by atoms with E-state index in [-0.39, 0.29) is 0 Å². The topological polar surface area (TPSA) is 28.2 Å². The molecule has 0 bridgehead atoms. The number of benzene rings is 2. The van der Waals surface area contributed by atoms with Gasteiger partial charge in [0.05, 0.1) is 0 Å². The van der Waals surface area contributed by atoms with E-state index in [0.29, 0.717) is 61.0 Å². The summed E-state index contributed by atoms with van der Waals surface area (Å²) in [6.07, 6.45) is 0.685. The molecule has 0 radical (unpaired) electrons. The van der Waals surface area contributed by atoms with E-state index < -0.39 is 17.0 Å². The molecule has 142 valence electrons. The molecule has 0 atom stereocenters. The first kappa shape index (κ1) is 25.1. The van der Waals surface area contributed by atoms with Crippen molar-refractivity contribution in [3.63, 3.8) is 0 Å². The first-order valence-electron chi connectivity index (χ1n) is 6.90. The minimum atomic E-state index is -0.556. The molecule has 2 aromatic rings. The average molecular weight is 550 g/mol. The molecular weight excluding hydrogens is 540 g/mol. The van der Waals surface area contributed by atoms with Gasteiger partial charge in [-0.05, 0) is 24.3 Å². The molecular formula is C15H10Cl8N2Ti-2. The molecule has 2 nitrogen and oxygen atoms in total. The van der Waals surface area contributed by atoms with Crippen LogP contribution >= 0.6 is 88.2 Å². The van der Waals surface area contributed by atoms with Crippen LogP contribution in [-0.2, 0) is 17.0 Å². The van der Waals surface area contributed by atoms with Gasteiger partial charge in [0, 0.05) is 30.1 Å². The van der Waals surface area contributed by atoms with Crippen molar-refractivity contribution >= 4 is 99.6 Å². The molecule has 0 saturated heterocycles. The SMILES string of the molecule is Clc1cc(Cl)c([N-]CCC[N-]c2c(Cl)cc(Cl)cc2Cl)c(Cl)c1.[Cl][Ti][Cl]. The van der Waals surface area contributed by atoms with Gasteiger partial charge in [0.25, 0.3) is 0 Å². The van der Waals surface area contributed by atoms with E-state index >= 15 is 0 Å². The molecule has 0 fully saturated rings. The van der Waals surface area contributed by atoms with Crippen LogP contribution in [0, 0.1) is 0 Å². The van der Waals surface area contributed by atoms with Gasteiger partial charge in [0.15, 0.2) is 0 Å². The van der Waals surface area contributed by atoms with E-state index in [1.165, 1.54) is 0 Å². The third kappa shape index (κ3) is 8.61. The third-order valence-corrected chi connectivity index (χ3v) is 4.41. The standard InChI is InChI=1S/C15H10Cl6N2.2ClH.Ti/c16-8-4-10(18)14(11(19)5-8)22-2-1-3-23-15-12(20)6-9(17)7-13(15)21;;;/h4-7H,1-3H2;2*1H;/q-2;;;+2/p-2. The first-order valence-corrected chi connectivity index (χ1v) is 13.5. The molecule has 0 aromatic heterocycles. The summed E-state index contributed by atoms with van der Waals surface area (Å²) in [5.74, 6) is 0. The normalized spacial score (nSPS) is 10.0. The Kier molecular flexibility index (Phi) is 12.9. The van der Waals surface area contributed by atoms with Crippen LogP contribution in [0.1, 0.15) is 6.42 Å². The predicted molar refractivity (Wildman–Crippen MR) is 115 cm³/mol. The van der Waals surface area contributed by atoms with E-state index in [9.17, 15) is 0 Å². The Balaban J connectivity index is 0.00000105. The molecule has 0 heterocycles. The van der Waals surface area contributed by atoms with Gasteiger partial charge in [0.1, 0.15) is 0 Å². The van der Waals surface area contributed by atoms with Gasteiger partial charge in [-0.25, -0.2) is 0 Å². The summed E-state index contributed by atoms with van der Waals surface area (Å²) >= 11 is 35.4. The average Bonchev–Trinajstić information content (AvgIpc) is 2.51. The fourth-order valence-electron chi connectivity index (χ4n) is 1.82. The molecule has 0 amide bonds. The third-order valence-electron chi connectivity index (χ3n) is 2.82. The number of halogens is 8. The molecule has 0 spiro atoms. The van der Waals surface area contributed by atoms with Gasteiger partial charge in [-0.15, -0.1) is 24.5 Å². The van der Waals surface area contributed by atoms with Crippen LogP contribution in [0.25, 0.3) is 10.6 Å². The molecule has 0 N–H and O–H groups in total. The molecule has 0 aliphatic heterocycles. The Hall–Kier alpha value is 1.07. The molecule has 26 heavy (non-hydrogen) atoms. The summed E-state index contributed by atoms with van der Waals surface area (Å²) in [5.41, 5.74) is 1.06. The summed E-state index contributed by atoms with van der Waals surface area (Å²) in [6, 6.07) is 6.41. The van der Waals surface area contributed by atoms with Gasteiger partial charge in [-0.1, -0.05) is 76.0 Å². The minimum absolute atomic E-state index is 0.420. The Morgan fingerprint density at radius 3 is 1.15 bits per heavy atom. The molecule has 2 aromatic carbocycles. The Morgan fingerprint density at radius 1 is 0.615 bits per heavy atom. The van der Waals surface area contributed by atoms with Crippen molar-refractivity contribution in [2.45, 2.75) is 6.42 Å². The summed E-state index contributed by atoms with van der Waals surface area (Å²) < 4.78 is 0. The Labute approximate surface area is 199 Å². The van der Waals surface area contributed by atoms with Crippen LogP contribution in [0.15, 0.2) is 24.3 Å². The fraction of sp³-hybridized carbons (Fsp3) is 0.200. The van der Waals surface area contributed by atoms with Crippen LogP contribution in [0.3, 0.4) is 0 Å². The van der Waals surface area contributed by atoms with E-state index in [2.05, 4.69) is 10.6 Å². The van der Waals surface area contributed by atoms with Crippen LogP contribution in [-0.4, -0.2) is 13.1 Å². The number of rotatable bonds is 6. The van der Waals surface area contributed by atoms with Crippen LogP contribution in [0.2, 0.25) is 30.1 Å². The first-order chi connectivity index (χ1) is 12.3. The zero-order chi connectivity index (χ0) is 19.7. The predicted octanol–water partition coefficient (Wildman–Crippen LogP) is 10.1. The summed E-state index contributed by atoms with van der Waals surface area (Å²) in [6.45, 7) is 1.01. The van der Waals surface area contributed by atoms with Crippen molar-refractivity contribution < 1.29 is 17.0 Å². The fourth-order valence-corrected chi connectivity index (χ4v) is 3.70. The quantitative estimate of drug-likeness (QED) is 0.253. The van der Waals surface area contributed by atoms with Crippen molar-refractivity contribution in [2.24, 2.45) is 0 Å².